The highest BCUT2D eigenvalue weighted by molar-refractivity contribution is 5.52. The predicted molar refractivity (Wildman–Crippen MR) is 57.2 cm³/mol. The van der Waals surface area contributed by atoms with Crippen LogP contribution >= 0.6 is 0 Å². The summed E-state index contributed by atoms with van der Waals surface area (Å²) in [5.74, 6) is 2.26. The summed E-state index contributed by atoms with van der Waals surface area (Å²) < 4.78 is 20.8. The molecule has 4 heteroatoms. The SMILES string of the molecule is COc1cccc(OC)c1Oc1c[c]oc1. The Morgan fingerprint density at radius 1 is 1.12 bits per heavy atom. The van der Waals surface area contributed by atoms with Crippen LogP contribution in [0.1, 0.15) is 0 Å². The zero-order valence-electron chi connectivity index (χ0n) is 9.02. The Morgan fingerprint density at radius 3 is 2.31 bits per heavy atom. The van der Waals surface area contributed by atoms with E-state index >= 15 is 0 Å². The van der Waals surface area contributed by atoms with Gasteiger partial charge in [-0.2, -0.15) is 0 Å². The maximum atomic E-state index is 5.59. The van der Waals surface area contributed by atoms with Gasteiger partial charge in [-0.15, -0.1) is 0 Å². The Hall–Kier alpha value is -2.10. The molecule has 0 aliphatic rings. The summed E-state index contributed by atoms with van der Waals surface area (Å²) in [6.07, 6.45) is 3.99. The molecule has 0 spiro atoms. The monoisotopic (exact) mass is 219 g/mol. The van der Waals surface area contributed by atoms with Crippen molar-refractivity contribution < 1.29 is 18.6 Å². The molecule has 0 N–H and O–H groups in total. The summed E-state index contributed by atoms with van der Waals surface area (Å²) in [7, 11) is 3.15. The lowest BCUT2D eigenvalue weighted by atomic mass is 10.3. The Labute approximate surface area is 93.4 Å². The van der Waals surface area contributed by atoms with Gasteiger partial charge in [0, 0.05) is 6.07 Å². The molecule has 4 nitrogen and oxygen atoms in total. The Balaban J connectivity index is 2.37. The molecule has 0 unspecified atom stereocenters. The minimum Gasteiger partial charge on any atom is -0.493 e. The van der Waals surface area contributed by atoms with Gasteiger partial charge in [-0.1, -0.05) is 6.07 Å². The average molecular weight is 219 g/mol. The van der Waals surface area contributed by atoms with Gasteiger partial charge in [0.1, 0.15) is 6.26 Å². The van der Waals surface area contributed by atoms with E-state index in [-0.39, 0.29) is 0 Å². The predicted octanol–water partition coefficient (Wildman–Crippen LogP) is 2.89. The van der Waals surface area contributed by atoms with Crippen molar-refractivity contribution in [3.8, 4) is 23.0 Å². The van der Waals surface area contributed by atoms with Crippen LogP contribution in [-0.4, -0.2) is 14.2 Å². The maximum absolute atomic E-state index is 5.59. The third kappa shape index (κ3) is 1.95. The van der Waals surface area contributed by atoms with Gasteiger partial charge in [0.25, 0.3) is 0 Å². The van der Waals surface area contributed by atoms with Crippen LogP contribution in [0.5, 0.6) is 23.0 Å². The molecule has 0 saturated carbocycles. The van der Waals surface area contributed by atoms with Gasteiger partial charge in [0.15, 0.2) is 23.5 Å². The number of hydrogen-bond donors (Lipinski definition) is 0. The molecule has 16 heavy (non-hydrogen) atoms. The van der Waals surface area contributed by atoms with Gasteiger partial charge in [-0.05, 0) is 12.1 Å². The standard InChI is InChI=1S/C12H11O4/c1-13-10-4-3-5-11(14-2)12(10)16-9-6-7-15-8-9/h3-6,8H,1-2H3. The van der Waals surface area contributed by atoms with Crippen LogP contribution in [-0.2, 0) is 0 Å². The zero-order chi connectivity index (χ0) is 11.4. The summed E-state index contributed by atoms with van der Waals surface area (Å²) in [6.45, 7) is 0. The number of benzene rings is 1. The van der Waals surface area contributed by atoms with Crippen molar-refractivity contribution >= 4 is 0 Å². The van der Waals surface area contributed by atoms with E-state index in [0.29, 0.717) is 23.0 Å². The molecular formula is C12H11O4. The first-order chi connectivity index (χ1) is 7.85. The number of methoxy groups -OCH3 is 2. The van der Waals surface area contributed by atoms with Gasteiger partial charge in [-0.25, -0.2) is 0 Å². The van der Waals surface area contributed by atoms with Crippen molar-refractivity contribution in [2.75, 3.05) is 14.2 Å². The quantitative estimate of drug-likeness (QED) is 0.792. The van der Waals surface area contributed by atoms with Crippen LogP contribution in [0.3, 0.4) is 0 Å². The second kappa shape index (κ2) is 4.61. The topological polar surface area (TPSA) is 40.8 Å². The van der Waals surface area contributed by atoms with Crippen molar-refractivity contribution in [3.05, 3.63) is 36.8 Å². The van der Waals surface area contributed by atoms with Gasteiger partial charge >= 0.3 is 0 Å². The molecule has 0 bridgehead atoms. The summed E-state index contributed by atoms with van der Waals surface area (Å²) in [5.41, 5.74) is 0. The first-order valence-corrected chi connectivity index (χ1v) is 4.68. The van der Waals surface area contributed by atoms with Crippen molar-refractivity contribution in [2.45, 2.75) is 0 Å². The van der Waals surface area contributed by atoms with Crippen LogP contribution in [0.15, 0.2) is 34.9 Å². The van der Waals surface area contributed by atoms with Crippen LogP contribution in [0, 0.1) is 6.26 Å². The van der Waals surface area contributed by atoms with Crippen molar-refractivity contribution in [3.63, 3.8) is 0 Å². The van der Waals surface area contributed by atoms with E-state index < -0.39 is 0 Å². The Kier molecular flexibility index (Phi) is 3.00. The average Bonchev–Trinajstić information content (AvgIpc) is 2.82. The summed E-state index contributed by atoms with van der Waals surface area (Å²) in [6, 6.07) is 7.00. The Bertz CT molecular complexity index is 426. The van der Waals surface area contributed by atoms with Crippen molar-refractivity contribution in [1.29, 1.82) is 0 Å². The van der Waals surface area contributed by atoms with E-state index in [1.165, 1.54) is 6.26 Å². The van der Waals surface area contributed by atoms with E-state index in [2.05, 4.69) is 6.26 Å². The Morgan fingerprint density at radius 2 is 1.81 bits per heavy atom. The van der Waals surface area contributed by atoms with E-state index in [1.807, 2.05) is 6.07 Å². The molecule has 83 valence electrons. The maximum Gasteiger partial charge on any atom is 0.211 e. The minimum absolute atomic E-state index is 0.516. The van der Waals surface area contributed by atoms with Crippen LogP contribution < -0.4 is 14.2 Å². The van der Waals surface area contributed by atoms with E-state index in [0.717, 1.165) is 0 Å². The van der Waals surface area contributed by atoms with Gasteiger partial charge in [0.2, 0.25) is 5.75 Å². The van der Waals surface area contributed by atoms with Crippen molar-refractivity contribution in [2.24, 2.45) is 0 Å². The van der Waals surface area contributed by atoms with Gasteiger partial charge in [0.05, 0.1) is 14.2 Å². The lowest BCUT2D eigenvalue weighted by molar-refractivity contribution is 0.345. The van der Waals surface area contributed by atoms with Gasteiger partial charge < -0.3 is 18.6 Å². The fraction of sp³-hybridized carbons (Fsp3) is 0.167. The number of para-hydroxylation sites is 1. The van der Waals surface area contributed by atoms with Crippen LogP contribution in [0.2, 0.25) is 0 Å². The molecule has 1 heterocycles. The lowest BCUT2D eigenvalue weighted by Crippen LogP contribution is -1.93. The van der Waals surface area contributed by atoms with E-state index in [9.17, 15) is 0 Å². The van der Waals surface area contributed by atoms with Crippen LogP contribution in [0.25, 0.3) is 0 Å². The molecule has 0 saturated heterocycles. The number of rotatable bonds is 4. The molecule has 0 fully saturated rings. The van der Waals surface area contributed by atoms with E-state index in [1.54, 1.807) is 32.4 Å². The normalized spacial score (nSPS) is 9.88. The molecular weight excluding hydrogens is 208 g/mol. The lowest BCUT2D eigenvalue weighted by Gasteiger charge is -2.12. The third-order valence-electron chi connectivity index (χ3n) is 2.05. The largest absolute Gasteiger partial charge is 0.493 e. The molecule has 1 aromatic carbocycles. The first-order valence-electron chi connectivity index (χ1n) is 4.68. The second-order valence-corrected chi connectivity index (χ2v) is 2.99. The second-order valence-electron chi connectivity index (χ2n) is 2.99. The first kappa shape index (κ1) is 10.4. The molecule has 2 aromatic rings. The third-order valence-corrected chi connectivity index (χ3v) is 2.05. The minimum atomic E-state index is 0.516. The summed E-state index contributed by atoms with van der Waals surface area (Å²) >= 11 is 0. The molecule has 0 aliphatic carbocycles. The molecule has 1 radical (unpaired) electrons. The fourth-order valence-electron chi connectivity index (χ4n) is 1.31. The number of ether oxygens (including phenoxy) is 3. The zero-order valence-corrected chi connectivity index (χ0v) is 9.02. The number of furan rings is 1. The molecule has 1 aromatic heterocycles. The molecule has 0 aliphatic heterocycles. The van der Waals surface area contributed by atoms with Crippen LogP contribution in [0.4, 0.5) is 0 Å². The highest BCUT2D eigenvalue weighted by Crippen LogP contribution is 2.39. The fourth-order valence-corrected chi connectivity index (χ4v) is 1.31. The van der Waals surface area contributed by atoms with Crippen molar-refractivity contribution in [1.82, 2.24) is 0 Å². The summed E-state index contributed by atoms with van der Waals surface area (Å²) in [4.78, 5) is 0. The smallest absolute Gasteiger partial charge is 0.211 e. The van der Waals surface area contributed by atoms with Gasteiger partial charge in [-0.3, -0.25) is 0 Å². The highest BCUT2D eigenvalue weighted by atomic mass is 16.5. The molecule has 0 amide bonds. The molecule has 2 rings (SSSR count). The molecule has 0 atom stereocenters. The highest BCUT2D eigenvalue weighted by Gasteiger charge is 2.12. The summed E-state index contributed by atoms with van der Waals surface area (Å²) in [5, 5.41) is 0. The number of hydrogen-bond acceptors (Lipinski definition) is 4. The van der Waals surface area contributed by atoms with E-state index in [4.69, 9.17) is 18.6 Å².